The summed E-state index contributed by atoms with van der Waals surface area (Å²) in [6, 6.07) is 24.2. The van der Waals surface area contributed by atoms with Gasteiger partial charge in [-0.05, 0) is 96.8 Å². The molecular weight excluding hydrogens is 708 g/mol. The highest BCUT2D eigenvalue weighted by molar-refractivity contribution is 5.92. The predicted molar refractivity (Wildman–Crippen MR) is 202 cm³/mol. The Morgan fingerprint density at radius 1 is 0.545 bits per heavy atom. The minimum absolute atomic E-state index is 0.0272. The lowest BCUT2D eigenvalue weighted by Gasteiger charge is -2.22. The first-order valence-corrected chi connectivity index (χ1v) is 17.7. The molecule has 0 saturated heterocycles. The van der Waals surface area contributed by atoms with Crippen molar-refractivity contribution in [3.05, 3.63) is 125 Å². The number of fused-ring (bicyclic) bond motifs is 3. The topological polar surface area (TPSA) is 142 Å². The van der Waals surface area contributed by atoms with Gasteiger partial charge in [0.25, 0.3) is 0 Å². The van der Waals surface area contributed by atoms with Gasteiger partial charge in [0.15, 0.2) is 0 Å². The van der Waals surface area contributed by atoms with E-state index in [2.05, 4.69) is 20.4 Å². The summed E-state index contributed by atoms with van der Waals surface area (Å²) in [7, 11) is 0. The van der Waals surface area contributed by atoms with Crippen LogP contribution in [-0.2, 0) is 33.9 Å². The molecule has 288 valence electrons. The summed E-state index contributed by atoms with van der Waals surface area (Å²) in [4.78, 5) is 49.2. The van der Waals surface area contributed by atoms with Crippen LogP contribution < -0.4 is 14.2 Å². The van der Waals surface area contributed by atoms with Gasteiger partial charge in [0.05, 0.1) is 50.8 Å². The molecule has 5 rings (SSSR count). The van der Waals surface area contributed by atoms with Crippen molar-refractivity contribution >= 4 is 24.1 Å². The van der Waals surface area contributed by atoms with E-state index in [-0.39, 0.29) is 44.3 Å². The van der Waals surface area contributed by atoms with Crippen molar-refractivity contribution in [2.75, 3.05) is 52.9 Å². The first kappa shape index (κ1) is 40.4. The van der Waals surface area contributed by atoms with Gasteiger partial charge in [0.1, 0.15) is 30.5 Å². The second kappa shape index (κ2) is 19.0. The van der Waals surface area contributed by atoms with Crippen molar-refractivity contribution in [3.63, 3.8) is 0 Å². The summed E-state index contributed by atoms with van der Waals surface area (Å²) in [5.74, 6) is -0.455. The van der Waals surface area contributed by atoms with E-state index in [0.29, 0.717) is 42.5 Å². The molecule has 12 heteroatoms. The molecule has 1 aliphatic carbocycles. The second-order valence-electron chi connectivity index (χ2n) is 13.2. The molecule has 0 saturated carbocycles. The summed E-state index contributed by atoms with van der Waals surface area (Å²) in [5, 5.41) is 0. The number of aryl methyl sites for hydroxylation is 1. The number of esters is 3. The molecule has 0 heterocycles. The van der Waals surface area contributed by atoms with Crippen LogP contribution in [-0.4, -0.2) is 76.9 Å². The summed E-state index contributed by atoms with van der Waals surface area (Å²) in [6.45, 7) is 13.0. The highest BCUT2D eigenvalue weighted by atomic mass is 16.7. The third-order valence-electron chi connectivity index (χ3n) is 8.62. The molecule has 0 spiro atoms. The minimum Gasteiger partial charge on any atom is -0.460 e. The van der Waals surface area contributed by atoms with Gasteiger partial charge < -0.3 is 37.9 Å². The van der Waals surface area contributed by atoms with Crippen LogP contribution >= 0.6 is 0 Å². The Morgan fingerprint density at radius 3 is 1.44 bits per heavy atom. The molecule has 4 aromatic carbocycles. The second-order valence-corrected chi connectivity index (χ2v) is 13.2. The van der Waals surface area contributed by atoms with Crippen molar-refractivity contribution in [2.45, 2.75) is 33.1 Å². The molecule has 0 amide bonds. The Morgan fingerprint density at radius 2 is 0.964 bits per heavy atom. The summed E-state index contributed by atoms with van der Waals surface area (Å²) < 4.78 is 42.6. The number of hydrogen-bond acceptors (Lipinski definition) is 12. The maximum absolute atomic E-state index is 13.0. The van der Waals surface area contributed by atoms with Gasteiger partial charge in [-0.2, -0.15) is 0 Å². The van der Waals surface area contributed by atoms with Gasteiger partial charge in [-0.15, -0.1) is 0 Å². The SMILES string of the molecule is C=C(C)C(=O)OCCOCCOCCOCCOC(=O)Oc1ccc(C(=O)Oc2ccc3c(c2)C(C)(C)c2cc(OC(=O)c4ccc(C)cc4)ccc2-3)cc1. The van der Waals surface area contributed by atoms with Crippen LogP contribution in [0.4, 0.5) is 4.79 Å². The fourth-order valence-electron chi connectivity index (χ4n) is 5.67. The first-order chi connectivity index (χ1) is 26.4. The molecule has 0 N–H and O–H groups in total. The van der Waals surface area contributed by atoms with Gasteiger partial charge in [-0.3, -0.25) is 0 Å². The lowest BCUT2D eigenvalue weighted by molar-refractivity contribution is -0.140. The zero-order chi connectivity index (χ0) is 39.4. The van der Waals surface area contributed by atoms with Crippen LogP contribution in [0.2, 0.25) is 0 Å². The van der Waals surface area contributed by atoms with Crippen LogP contribution in [0.3, 0.4) is 0 Å². The Bertz CT molecular complexity index is 2000. The molecule has 0 bridgehead atoms. The summed E-state index contributed by atoms with van der Waals surface area (Å²) >= 11 is 0. The van der Waals surface area contributed by atoms with E-state index in [0.717, 1.165) is 27.8 Å². The van der Waals surface area contributed by atoms with Crippen molar-refractivity contribution in [1.29, 1.82) is 0 Å². The van der Waals surface area contributed by atoms with Crippen LogP contribution in [0.25, 0.3) is 11.1 Å². The van der Waals surface area contributed by atoms with E-state index in [1.807, 2.05) is 43.3 Å². The molecule has 0 atom stereocenters. The zero-order valence-electron chi connectivity index (χ0n) is 31.3. The molecule has 0 fully saturated rings. The summed E-state index contributed by atoms with van der Waals surface area (Å²) in [5.41, 5.74) is 5.63. The quantitative estimate of drug-likeness (QED) is 0.0328. The van der Waals surface area contributed by atoms with Crippen LogP contribution in [0.15, 0.2) is 97.1 Å². The lowest BCUT2D eigenvalue weighted by atomic mass is 9.82. The van der Waals surface area contributed by atoms with Crippen LogP contribution in [0.1, 0.15) is 58.2 Å². The highest BCUT2D eigenvalue weighted by Gasteiger charge is 2.36. The van der Waals surface area contributed by atoms with Crippen molar-refractivity contribution < 1.29 is 57.1 Å². The normalized spacial score (nSPS) is 12.2. The molecule has 0 radical (unpaired) electrons. The maximum Gasteiger partial charge on any atom is 0.513 e. The van der Waals surface area contributed by atoms with Crippen molar-refractivity contribution in [2.24, 2.45) is 0 Å². The lowest BCUT2D eigenvalue weighted by Crippen LogP contribution is -2.17. The number of hydrogen-bond donors (Lipinski definition) is 0. The molecule has 0 aliphatic heterocycles. The Kier molecular flexibility index (Phi) is 13.9. The molecule has 55 heavy (non-hydrogen) atoms. The van der Waals surface area contributed by atoms with E-state index in [4.69, 9.17) is 37.9 Å². The Balaban J connectivity index is 1.01. The van der Waals surface area contributed by atoms with Crippen LogP contribution in [0.5, 0.6) is 17.2 Å². The predicted octanol–water partition coefficient (Wildman–Crippen LogP) is 7.42. The van der Waals surface area contributed by atoms with E-state index in [9.17, 15) is 19.2 Å². The number of ether oxygens (including phenoxy) is 8. The smallest absolute Gasteiger partial charge is 0.460 e. The monoisotopic (exact) mass is 752 g/mol. The molecular formula is C43H44O12. The fraction of sp³-hybridized carbons (Fsp3) is 0.302. The standard InChI is InChI=1S/C43H44O12/c1-28(2)39(44)51-24-22-49-20-18-48-19-21-50-23-25-52-42(47)55-32-12-10-31(11-13-32)41(46)54-34-15-17-36-35-16-14-33(26-37(35)43(4,5)38(36)27-34)53-40(45)30-8-6-29(3)7-9-30/h6-17,26-27H,1,18-25H2,2-5H3. The van der Waals surface area contributed by atoms with Crippen molar-refractivity contribution in [1.82, 2.24) is 0 Å². The number of carbonyl (C=O) groups excluding carboxylic acids is 4. The third-order valence-corrected chi connectivity index (χ3v) is 8.62. The van der Waals surface area contributed by atoms with Gasteiger partial charge in [-0.1, -0.05) is 50.3 Å². The largest absolute Gasteiger partial charge is 0.513 e. The molecule has 1 aliphatic rings. The van der Waals surface area contributed by atoms with Crippen molar-refractivity contribution in [3.8, 4) is 28.4 Å². The van der Waals surface area contributed by atoms with E-state index in [1.54, 1.807) is 31.2 Å². The molecule has 0 aromatic heterocycles. The van der Waals surface area contributed by atoms with E-state index >= 15 is 0 Å². The van der Waals surface area contributed by atoms with Gasteiger partial charge in [-0.25, -0.2) is 19.2 Å². The number of benzene rings is 4. The van der Waals surface area contributed by atoms with Crippen LogP contribution in [0, 0.1) is 6.92 Å². The Hall–Kier alpha value is -5.82. The highest BCUT2D eigenvalue weighted by Crippen LogP contribution is 2.50. The zero-order valence-corrected chi connectivity index (χ0v) is 31.3. The third kappa shape index (κ3) is 11.1. The number of carbonyl (C=O) groups is 4. The maximum atomic E-state index is 13.0. The van der Waals surface area contributed by atoms with Gasteiger partial charge >= 0.3 is 24.1 Å². The van der Waals surface area contributed by atoms with E-state index in [1.165, 1.54) is 24.3 Å². The average molecular weight is 753 g/mol. The first-order valence-electron chi connectivity index (χ1n) is 17.7. The minimum atomic E-state index is -0.917. The fourth-order valence-corrected chi connectivity index (χ4v) is 5.67. The van der Waals surface area contributed by atoms with Gasteiger partial charge in [0, 0.05) is 11.0 Å². The molecule has 12 nitrogen and oxygen atoms in total. The van der Waals surface area contributed by atoms with Gasteiger partial charge in [0.2, 0.25) is 0 Å². The van der Waals surface area contributed by atoms with E-state index < -0.39 is 29.5 Å². The average Bonchev–Trinajstić information content (AvgIpc) is 3.38. The molecule has 0 unspecified atom stereocenters. The Labute approximate surface area is 319 Å². The summed E-state index contributed by atoms with van der Waals surface area (Å²) in [6.07, 6.45) is -0.917. The number of rotatable bonds is 18. The molecule has 4 aromatic rings.